The van der Waals surface area contributed by atoms with E-state index in [2.05, 4.69) is 15.0 Å². The molecule has 2 aliphatic rings. The van der Waals surface area contributed by atoms with Gasteiger partial charge in [-0.05, 0) is 31.0 Å². The molecule has 2 fully saturated rings. The molecule has 7 nitrogen and oxygen atoms in total. The number of rotatable bonds is 5. The van der Waals surface area contributed by atoms with Crippen LogP contribution in [0.1, 0.15) is 25.0 Å². The highest BCUT2D eigenvalue weighted by Crippen LogP contribution is 2.30. The Morgan fingerprint density at radius 1 is 1.27 bits per heavy atom. The lowest BCUT2D eigenvalue weighted by atomic mass is 10.3. The van der Waals surface area contributed by atoms with Crippen molar-refractivity contribution < 1.29 is 9.53 Å². The van der Waals surface area contributed by atoms with Crippen LogP contribution in [0.25, 0.3) is 0 Å². The van der Waals surface area contributed by atoms with Gasteiger partial charge in [0, 0.05) is 45.5 Å². The lowest BCUT2D eigenvalue weighted by Crippen LogP contribution is -2.32. The molecule has 2 saturated heterocycles. The van der Waals surface area contributed by atoms with Crippen molar-refractivity contribution >= 4 is 11.7 Å². The van der Waals surface area contributed by atoms with Crippen LogP contribution >= 0.6 is 0 Å². The summed E-state index contributed by atoms with van der Waals surface area (Å²) in [4.78, 5) is 21.2. The second kappa shape index (κ2) is 7.35. The molecule has 0 spiro atoms. The number of hydrogen-bond donors (Lipinski definition) is 0. The lowest BCUT2D eigenvalue weighted by molar-refractivity contribution is -0.129. The number of anilines is 1. The van der Waals surface area contributed by atoms with Gasteiger partial charge in [0.15, 0.2) is 11.6 Å². The summed E-state index contributed by atoms with van der Waals surface area (Å²) in [6.07, 6.45) is 7.30. The van der Waals surface area contributed by atoms with Crippen LogP contribution in [0.2, 0.25) is 0 Å². The van der Waals surface area contributed by atoms with Crippen LogP contribution in [0, 0.1) is 0 Å². The fourth-order valence-electron chi connectivity index (χ4n) is 3.70. The predicted molar refractivity (Wildman–Crippen MR) is 98.2 cm³/mol. The van der Waals surface area contributed by atoms with Gasteiger partial charge in [-0.25, -0.2) is 4.98 Å². The Morgan fingerprint density at radius 3 is 2.88 bits per heavy atom. The molecule has 0 aliphatic carbocycles. The normalized spacial score (nSPS) is 20.0. The number of likely N-dealkylation sites (tertiary alicyclic amines) is 1. The van der Waals surface area contributed by atoms with E-state index in [-0.39, 0.29) is 12.0 Å². The van der Waals surface area contributed by atoms with E-state index in [1.54, 1.807) is 4.68 Å². The minimum absolute atomic E-state index is 0.0215. The molecule has 0 radical (unpaired) electrons. The van der Waals surface area contributed by atoms with Gasteiger partial charge >= 0.3 is 0 Å². The number of carbonyl (C=O) groups excluding carboxylic acids is 1. The van der Waals surface area contributed by atoms with Gasteiger partial charge in [-0.3, -0.25) is 9.48 Å². The number of aromatic nitrogens is 3. The van der Waals surface area contributed by atoms with Crippen LogP contribution in [0.15, 0.2) is 30.6 Å². The minimum Gasteiger partial charge on any atom is -0.485 e. The molecule has 2 aliphatic heterocycles. The average molecular weight is 355 g/mol. The first-order chi connectivity index (χ1) is 12.7. The summed E-state index contributed by atoms with van der Waals surface area (Å²) >= 11 is 0. The second-order valence-corrected chi connectivity index (χ2v) is 7.05. The number of ether oxygens (including phenoxy) is 1. The Balaban J connectivity index is 1.36. The van der Waals surface area contributed by atoms with E-state index in [4.69, 9.17) is 4.74 Å². The molecule has 0 bridgehead atoms. The van der Waals surface area contributed by atoms with Gasteiger partial charge in [0.2, 0.25) is 5.91 Å². The third kappa shape index (κ3) is 3.66. The zero-order chi connectivity index (χ0) is 17.9. The highest BCUT2D eigenvalue weighted by Gasteiger charge is 2.29. The van der Waals surface area contributed by atoms with Crippen molar-refractivity contribution in [3.63, 3.8) is 0 Å². The van der Waals surface area contributed by atoms with Gasteiger partial charge in [-0.15, -0.1) is 0 Å². The average Bonchev–Trinajstić information content (AvgIpc) is 3.38. The highest BCUT2D eigenvalue weighted by molar-refractivity contribution is 5.78. The Labute approximate surface area is 153 Å². The number of amides is 1. The standard InChI is InChI=1S/C19H25N5O2/c1-22-11-6-15(21-22)13-18(25)24-12-7-16(14-24)26-17-5-4-8-20-19(17)23-9-2-3-10-23/h4-6,8,11,16H,2-3,7,9-10,12-14H2,1H3/t16-/m1/s1. The first-order valence-electron chi connectivity index (χ1n) is 9.32. The molecule has 0 N–H and O–H groups in total. The predicted octanol–water partition coefficient (Wildman–Crippen LogP) is 1.64. The molecule has 1 atom stereocenters. The maximum Gasteiger partial charge on any atom is 0.228 e. The molecule has 4 heterocycles. The van der Waals surface area contributed by atoms with E-state index in [1.165, 1.54) is 12.8 Å². The lowest BCUT2D eigenvalue weighted by Gasteiger charge is -2.22. The van der Waals surface area contributed by atoms with Crippen molar-refractivity contribution in [2.75, 3.05) is 31.1 Å². The molecule has 0 unspecified atom stereocenters. The zero-order valence-corrected chi connectivity index (χ0v) is 15.2. The van der Waals surface area contributed by atoms with Crippen LogP contribution < -0.4 is 9.64 Å². The molecule has 4 rings (SSSR count). The molecule has 2 aromatic rings. The summed E-state index contributed by atoms with van der Waals surface area (Å²) in [6, 6.07) is 5.78. The number of pyridine rings is 1. The van der Waals surface area contributed by atoms with Crippen molar-refractivity contribution in [1.82, 2.24) is 19.7 Å². The minimum atomic E-state index is 0.0215. The summed E-state index contributed by atoms with van der Waals surface area (Å²) in [5.41, 5.74) is 0.811. The Bertz CT molecular complexity index is 769. The first kappa shape index (κ1) is 16.9. The van der Waals surface area contributed by atoms with E-state index in [0.29, 0.717) is 13.0 Å². The smallest absolute Gasteiger partial charge is 0.228 e. The van der Waals surface area contributed by atoms with E-state index >= 15 is 0 Å². The fraction of sp³-hybridized carbons (Fsp3) is 0.526. The topological polar surface area (TPSA) is 63.5 Å². The summed E-state index contributed by atoms with van der Waals surface area (Å²) in [6.45, 7) is 3.43. The van der Waals surface area contributed by atoms with Crippen LogP contribution in [-0.4, -0.2) is 57.9 Å². The first-order valence-corrected chi connectivity index (χ1v) is 9.32. The van der Waals surface area contributed by atoms with Crippen molar-refractivity contribution in [1.29, 1.82) is 0 Å². The SMILES string of the molecule is Cn1ccc(CC(=O)N2CC[C@@H](Oc3cccnc3N3CCCC3)C2)n1. The molecule has 0 aromatic carbocycles. The van der Waals surface area contributed by atoms with Gasteiger partial charge in [-0.2, -0.15) is 5.10 Å². The monoisotopic (exact) mass is 355 g/mol. The van der Waals surface area contributed by atoms with Gasteiger partial charge < -0.3 is 14.5 Å². The van der Waals surface area contributed by atoms with Crippen molar-refractivity contribution in [3.8, 4) is 5.75 Å². The molecule has 2 aromatic heterocycles. The summed E-state index contributed by atoms with van der Waals surface area (Å²) in [5.74, 6) is 1.88. The molecule has 1 amide bonds. The van der Waals surface area contributed by atoms with Crippen molar-refractivity contribution in [2.24, 2.45) is 7.05 Å². The summed E-state index contributed by atoms with van der Waals surface area (Å²) in [5, 5.41) is 4.29. The van der Waals surface area contributed by atoms with E-state index in [0.717, 1.165) is 43.3 Å². The van der Waals surface area contributed by atoms with Crippen LogP contribution in [0.5, 0.6) is 5.75 Å². The van der Waals surface area contributed by atoms with Gasteiger partial charge in [0.1, 0.15) is 6.10 Å². The summed E-state index contributed by atoms with van der Waals surface area (Å²) in [7, 11) is 1.86. The number of hydrogen-bond acceptors (Lipinski definition) is 5. The van der Waals surface area contributed by atoms with E-state index in [9.17, 15) is 4.79 Å². The van der Waals surface area contributed by atoms with E-state index < -0.39 is 0 Å². The maximum atomic E-state index is 12.5. The highest BCUT2D eigenvalue weighted by atomic mass is 16.5. The molecule has 26 heavy (non-hydrogen) atoms. The van der Waals surface area contributed by atoms with Crippen molar-refractivity contribution in [2.45, 2.75) is 31.8 Å². The quantitative estimate of drug-likeness (QED) is 0.816. The fourth-order valence-corrected chi connectivity index (χ4v) is 3.70. The Kier molecular flexibility index (Phi) is 4.77. The molecule has 7 heteroatoms. The summed E-state index contributed by atoms with van der Waals surface area (Å²) < 4.78 is 7.96. The van der Waals surface area contributed by atoms with Gasteiger partial charge in [-0.1, -0.05) is 0 Å². The number of nitrogens with zero attached hydrogens (tertiary/aromatic N) is 5. The van der Waals surface area contributed by atoms with Crippen LogP contribution in [0.3, 0.4) is 0 Å². The van der Waals surface area contributed by atoms with Gasteiger partial charge in [0.05, 0.1) is 18.7 Å². The third-order valence-corrected chi connectivity index (χ3v) is 5.05. The zero-order valence-electron chi connectivity index (χ0n) is 15.2. The largest absolute Gasteiger partial charge is 0.485 e. The molecule has 0 saturated carbocycles. The molecule has 138 valence electrons. The van der Waals surface area contributed by atoms with Crippen LogP contribution in [-0.2, 0) is 18.3 Å². The van der Waals surface area contributed by atoms with Gasteiger partial charge in [0.25, 0.3) is 0 Å². The van der Waals surface area contributed by atoms with Crippen molar-refractivity contribution in [3.05, 3.63) is 36.3 Å². The molecular formula is C19H25N5O2. The second-order valence-electron chi connectivity index (χ2n) is 7.05. The molecular weight excluding hydrogens is 330 g/mol. The van der Waals surface area contributed by atoms with E-state index in [1.807, 2.05) is 42.5 Å². The van der Waals surface area contributed by atoms with Crippen LogP contribution in [0.4, 0.5) is 5.82 Å². The number of carbonyl (C=O) groups is 1. The Morgan fingerprint density at radius 2 is 2.12 bits per heavy atom. The Hall–Kier alpha value is -2.57. The maximum absolute atomic E-state index is 12.5. The number of aryl methyl sites for hydroxylation is 1. The third-order valence-electron chi connectivity index (χ3n) is 5.05.